The molecule has 4 heteroatoms. The van der Waals surface area contributed by atoms with E-state index in [0.29, 0.717) is 6.54 Å². The van der Waals surface area contributed by atoms with Gasteiger partial charge < -0.3 is 15.3 Å². The minimum atomic E-state index is -0.737. The Bertz CT molecular complexity index is 474. The van der Waals surface area contributed by atoms with E-state index in [1.807, 2.05) is 25.1 Å². The van der Waals surface area contributed by atoms with Gasteiger partial charge in [0.15, 0.2) is 0 Å². The standard InChI is InChI=1S/C15H20N2O2/c1-15(19)7-4-8-17(10-15)14(18)13-9-11-5-2-3-6-12(11)16-13/h2-3,5-6,13,16,19H,4,7-10H2,1H3. The van der Waals surface area contributed by atoms with Crippen molar-refractivity contribution < 1.29 is 9.90 Å². The number of carbonyl (C=O) groups excluding carboxylic acids is 1. The summed E-state index contributed by atoms with van der Waals surface area (Å²) in [4.78, 5) is 14.3. The number of aliphatic hydroxyl groups is 1. The zero-order valence-electron chi connectivity index (χ0n) is 11.2. The van der Waals surface area contributed by atoms with E-state index in [-0.39, 0.29) is 11.9 Å². The van der Waals surface area contributed by atoms with Crippen LogP contribution >= 0.6 is 0 Å². The number of likely N-dealkylation sites (tertiary alicyclic amines) is 1. The number of nitrogens with one attached hydrogen (secondary N) is 1. The van der Waals surface area contributed by atoms with Crippen LogP contribution in [0.15, 0.2) is 24.3 Å². The zero-order chi connectivity index (χ0) is 13.5. The number of rotatable bonds is 1. The average Bonchev–Trinajstić information content (AvgIpc) is 2.80. The first-order valence-corrected chi connectivity index (χ1v) is 6.91. The van der Waals surface area contributed by atoms with Crippen molar-refractivity contribution in [1.82, 2.24) is 4.90 Å². The van der Waals surface area contributed by atoms with E-state index in [1.54, 1.807) is 4.90 Å². The van der Waals surface area contributed by atoms with Crippen molar-refractivity contribution in [3.8, 4) is 0 Å². The number of para-hydroxylation sites is 1. The number of β-amino-alcohol motifs (C(OH)–C–C–N with tert-alkyl or cyclic N) is 1. The minimum Gasteiger partial charge on any atom is -0.388 e. The predicted octanol–water partition coefficient (Wildman–Crippen LogP) is 1.40. The van der Waals surface area contributed by atoms with Crippen LogP contribution < -0.4 is 5.32 Å². The number of hydrogen-bond acceptors (Lipinski definition) is 3. The van der Waals surface area contributed by atoms with E-state index in [0.717, 1.165) is 31.5 Å². The summed E-state index contributed by atoms with van der Waals surface area (Å²) in [5.74, 6) is 0.108. The fraction of sp³-hybridized carbons (Fsp3) is 0.533. The molecule has 0 aromatic heterocycles. The van der Waals surface area contributed by atoms with Gasteiger partial charge in [-0.2, -0.15) is 0 Å². The summed E-state index contributed by atoms with van der Waals surface area (Å²) in [5, 5.41) is 13.4. The van der Waals surface area contributed by atoms with Crippen molar-refractivity contribution >= 4 is 11.6 Å². The van der Waals surface area contributed by atoms with Crippen LogP contribution in [0.1, 0.15) is 25.3 Å². The van der Waals surface area contributed by atoms with Crippen LogP contribution in [0.2, 0.25) is 0 Å². The first-order chi connectivity index (χ1) is 9.05. The van der Waals surface area contributed by atoms with Crippen molar-refractivity contribution in [2.24, 2.45) is 0 Å². The molecule has 2 unspecified atom stereocenters. The molecule has 0 spiro atoms. The molecule has 1 amide bonds. The fourth-order valence-corrected chi connectivity index (χ4v) is 3.08. The Morgan fingerprint density at radius 1 is 1.47 bits per heavy atom. The smallest absolute Gasteiger partial charge is 0.245 e. The molecule has 1 aromatic rings. The zero-order valence-corrected chi connectivity index (χ0v) is 11.2. The molecule has 1 aromatic carbocycles. The minimum absolute atomic E-state index is 0.108. The SMILES string of the molecule is CC1(O)CCCN(C(=O)C2Cc3ccccc3N2)C1. The molecule has 19 heavy (non-hydrogen) atoms. The number of amides is 1. The number of piperidine rings is 1. The molecule has 102 valence electrons. The highest BCUT2D eigenvalue weighted by molar-refractivity contribution is 5.87. The Kier molecular flexibility index (Phi) is 2.97. The molecule has 2 aliphatic heterocycles. The number of carbonyl (C=O) groups is 1. The Hall–Kier alpha value is -1.55. The van der Waals surface area contributed by atoms with Crippen LogP contribution in [0.3, 0.4) is 0 Å². The summed E-state index contributed by atoms with van der Waals surface area (Å²) in [5.41, 5.74) is 1.52. The summed E-state index contributed by atoms with van der Waals surface area (Å²) >= 11 is 0. The predicted molar refractivity (Wildman–Crippen MR) is 74.0 cm³/mol. The van der Waals surface area contributed by atoms with Crippen LogP contribution in [0, 0.1) is 0 Å². The average molecular weight is 260 g/mol. The molecular formula is C15H20N2O2. The van der Waals surface area contributed by atoms with Crippen LogP contribution in [0.5, 0.6) is 0 Å². The molecule has 0 radical (unpaired) electrons. The third-order valence-corrected chi connectivity index (χ3v) is 4.06. The van der Waals surface area contributed by atoms with Gasteiger partial charge in [0, 0.05) is 25.2 Å². The summed E-state index contributed by atoms with van der Waals surface area (Å²) < 4.78 is 0. The number of anilines is 1. The Balaban J connectivity index is 1.70. The molecule has 3 rings (SSSR count). The monoisotopic (exact) mass is 260 g/mol. The lowest BCUT2D eigenvalue weighted by molar-refractivity contribution is -0.138. The first kappa shape index (κ1) is 12.5. The second kappa shape index (κ2) is 4.53. The molecule has 2 atom stereocenters. The van der Waals surface area contributed by atoms with Gasteiger partial charge in [-0.15, -0.1) is 0 Å². The van der Waals surface area contributed by atoms with Crippen molar-refractivity contribution in [1.29, 1.82) is 0 Å². The Labute approximate surface area is 113 Å². The number of benzene rings is 1. The third kappa shape index (κ3) is 2.45. The Morgan fingerprint density at radius 2 is 2.26 bits per heavy atom. The van der Waals surface area contributed by atoms with Crippen molar-refractivity contribution in [3.05, 3.63) is 29.8 Å². The van der Waals surface area contributed by atoms with E-state index in [1.165, 1.54) is 5.56 Å². The molecule has 2 heterocycles. The van der Waals surface area contributed by atoms with Gasteiger partial charge in [-0.05, 0) is 31.4 Å². The number of nitrogens with zero attached hydrogens (tertiary/aromatic N) is 1. The summed E-state index contributed by atoms with van der Waals surface area (Å²) in [7, 11) is 0. The largest absolute Gasteiger partial charge is 0.388 e. The van der Waals surface area contributed by atoms with Crippen LogP contribution in [-0.4, -0.2) is 40.6 Å². The molecule has 2 N–H and O–H groups in total. The third-order valence-electron chi connectivity index (χ3n) is 4.06. The van der Waals surface area contributed by atoms with Gasteiger partial charge in [0.1, 0.15) is 6.04 Å². The van der Waals surface area contributed by atoms with Gasteiger partial charge >= 0.3 is 0 Å². The maximum atomic E-state index is 12.5. The highest BCUT2D eigenvalue weighted by Gasteiger charge is 2.35. The van der Waals surface area contributed by atoms with Crippen molar-refractivity contribution in [2.45, 2.75) is 37.8 Å². The second-order valence-corrected chi connectivity index (χ2v) is 5.92. The molecule has 2 aliphatic rings. The van der Waals surface area contributed by atoms with Gasteiger partial charge in [0.05, 0.1) is 5.60 Å². The highest BCUT2D eigenvalue weighted by atomic mass is 16.3. The fourth-order valence-electron chi connectivity index (χ4n) is 3.08. The molecule has 1 fully saturated rings. The molecular weight excluding hydrogens is 240 g/mol. The molecule has 4 nitrogen and oxygen atoms in total. The maximum Gasteiger partial charge on any atom is 0.245 e. The topological polar surface area (TPSA) is 52.6 Å². The summed E-state index contributed by atoms with van der Waals surface area (Å²) in [6.07, 6.45) is 2.39. The van der Waals surface area contributed by atoms with E-state index >= 15 is 0 Å². The van der Waals surface area contributed by atoms with E-state index in [4.69, 9.17) is 0 Å². The lowest BCUT2D eigenvalue weighted by Crippen LogP contribution is -2.52. The highest BCUT2D eigenvalue weighted by Crippen LogP contribution is 2.28. The van der Waals surface area contributed by atoms with Crippen LogP contribution in [0.4, 0.5) is 5.69 Å². The lowest BCUT2D eigenvalue weighted by atomic mass is 9.94. The van der Waals surface area contributed by atoms with E-state index in [9.17, 15) is 9.90 Å². The normalized spacial score (nSPS) is 29.8. The van der Waals surface area contributed by atoms with Crippen molar-refractivity contribution in [3.63, 3.8) is 0 Å². The van der Waals surface area contributed by atoms with E-state index in [2.05, 4.69) is 11.4 Å². The maximum absolute atomic E-state index is 12.5. The van der Waals surface area contributed by atoms with Gasteiger partial charge in [-0.25, -0.2) is 0 Å². The number of hydrogen-bond donors (Lipinski definition) is 2. The van der Waals surface area contributed by atoms with E-state index < -0.39 is 5.60 Å². The van der Waals surface area contributed by atoms with Gasteiger partial charge in [-0.1, -0.05) is 18.2 Å². The van der Waals surface area contributed by atoms with Crippen molar-refractivity contribution in [2.75, 3.05) is 18.4 Å². The van der Waals surface area contributed by atoms with Crippen LogP contribution in [0.25, 0.3) is 0 Å². The quantitative estimate of drug-likeness (QED) is 0.802. The van der Waals surface area contributed by atoms with Gasteiger partial charge in [0.2, 0.25) is 5.91 Å². The Morgan fingerprint density at radius 3 is 3.00 bits per heavy atom. The molecule has 0 bridgehead atoms. The lowest BCUT2D eigenvalue weighted by Gasteiger charge is -2.38. The first-order valence-electron chi connectivity index (χ1n) is 6.91. The summed E-state index contributed by atoms with van der Waals surface area (Å²) in [6, 6.07) is 7.87. The van der Waals surface area contributed by atoms with Gasteiger partial charge in [0.25, 0.3) is 0 Å². The molecule has 1 saturated heterocycles. The van der Waals surface area contributed by atoms with Gasteiger partial charge in [-0.3, -0.25) is 4.79 Å². The second-order valence-electron chi connectivity index (χ2n) is 5.92. The number of fused-ring (bicyclic) bond motifs is 1. The molecule has 0 saturated carbocycles. The summed E-state index contributed by atoms with van der Waals surface area (Å²) in [6.45, 7) is 3.01. The molecule has 0 aliphatic carbocycles. The van der Waals surface area contributed by atoms with Crippen LogP contribution in [-0.2, 0) is 11.2 Å².